The number of carbonyl (C=O) groups excluding carboxylic acids is 3. The van der Waals surface area contributed by atoms with Gasteiger partial charge < -0.3 is 43.6 Å². The zero-order chi connectivity index (χ0) is 21.8. The van der Waals surface area contributed by atoms with E-state index in [0.29, 0.717) is 0 Å². The van der Waals surface area contributed by atoms with Crippen LogP contribution in [0.1, 0.15) is 10.6 Å². The number of fused-ring (bicyclic) bond motifs is 1. The van der Waals surface area contributed by atoms with Crippen molar-refractivity contribution < 1.29 is 132 Å². The van der Waals surface area contributed by atoms with E-state index in [-0.39, 0.29) is 122 Å². The minimum absolute atomic E-state index is 0. The molecule has 2 aromatic carbocycles. The molecular formula is C20H11Na3O10. The van der Waals surface area contributed by atoms with E-state index < -0.39 is 42.3 Å². The predicted octanol–water partition coefficient (Wildman–Crippen LogP) is -10.9. The smallest absolute Gasteiger partial charge is 0.546 e. The van der Waals surface area contributed by atoms with Crippen molar-refractivity contribution in [3.8, 4) is 22.6 Å². The van der Waals surface area contributed by atoms with E-state index in [1.807, 2.05) is 0 Å². The van der Waals surface area contributed by atoms with Crippen molar-refractivity contribution in [1.29, 1.82) is 0 Å². The van der Waals surface area contributed by atoms with Crippen LogP contribution in [0.4, 0.5) is 0 Å². The fourth-order valence-corrected chi connectivity index (χ4v) is 2.75. The van der Waals surface area contributed by atoms with Crippen LogP contribution in [0.5, 0.6) is 11.5 Å². The van der Waals surface area contributed by atoms with Gasteiger partial charge in [0.25, 0.3) is 0 Å². The molecule has 3 aromatic rings. The first-order valence-corrected chi connectivity index (χ1v) is 8.35. The summed E-state index contributed by atoms with van der Waals surface area (Å²) in [5.74, 6) is -6.22. The number of rotatable bonds is 8. The molecule has 0 aliphatic heterocycles. The summed E-state index contributed by atoms with van der Waals surface area (Å²) in [5.41, 5.74) is -1.29. The summed E-state index contributed by atoms with van der Waals surface area (Å²) >= 11 is 0. The Hall–Kier alpha value is -1.34. The molecule has 3 rings (SSSR count). The van der Waals surface area contributed by atoms with Gasteiger partial charge in [-0.1, -0.05) is 30.3 Å². The van der Waals surface area contributed by atoms with Crippen LogP contribution < -0.4 is 119 Å². The number of carboxylic acids is 3. The molecule has 0 amide bonds. The fourth-order valence-electron chi connectivity index (χ4n) is 2.75. The zero-order valence-electron chi connectivity index (χ0n) is 18.0. The Morgan fingerprint density at radius 1 is 0.848 bits per heavy atom. The quantitative estimate of drug-likeness (QED) is 0.282. The summed E-state index contributed by atoms with van der Waals surface area (Å²) in [7, 11) is 0. The van der Waals surface area contributed by atoms with Gasteiger partial charge in [-0.05, 0) is 5.56 Å². The van der Waals surface area contributed by atoms with E-state index in [0.717, 1.165) is 12.1 Å². The Morgan fingerprint density at radius 3 is 1.97 bits per heavy atom. The van der Waals surface area contributed by atoms with E-state index in [9.17, 15) is 34.5 Å². The van der Waals surface area contributed by atoms with Crippen molar-refractivity contribution in [2.45, 2.75) is 0 Å². The third-order valence-electron chi connectivity index (χ3n) is 3.88. The Morgan fingerprint density at radius 2 is 1.42 bits per heavy atom. The van der Waals surface area contributed by atoms with Crippen molar-refractivity contribution in [2.24, 2.45) is 0 Å². The van der Waals surface area contributed by atoms with Gasteiger partial charge in [-0.15, -0.1) is 0 Å². The van der Waals surface area contributed by atoms with Gasteiger partial charge in [0.1, 0.15) is 41.7 Å². The van der Waals surface area contributed by atoms with Crippen LogP contribution in [0.25, 0.3) is 22.1 Å². The minimum atomic E-state index is -1.77. The summed E-state index contributed by atoms with van der Waals surface area (Å²) in [4.78, 5) is 46.2. The number of aromatic carboxylic acids is 1. The summed E-state index contributed by atoms with van der Waals surface area (Å²) in [5, 5.41) is 32.7. The third-order valence-corrected chi connectivity index (χ3v) is 3.88. The van der Waals surface area contributed by atoms with Gasteiger partial charge in [-0.3, -0.25) is 4.79 Å². The molecule has 33 heavy (non-hydrogen) atoms. The largest absolute Gasteiger partial charge is 1.00 e. The number of aliphatic carboxylic acids is 2. The van der Waals surface area contributed by atoms with Gasteiger partial charge in [0.15, 0.2) is 5.76 Å². The van der Waals surface area contributed by atoms with E-state index in [1.165, 1.54) is 12.1 Å². The SMILES string of the molecule is O=C([O-])COc1cc(OCC(=O)[O-])c2c(=O)c(-c3ccccc3)c(C(=O)[O-])oc2c1.[Na+].[Na+].[Na+]. The number of carboxylic acid groups (broad SMARTS) is 3. The number of hydrogen-bond donors (Lipinski definition) is 0. The van der Waals surface area contributed by atoms with E-state index in [2.05, 4.69) is 0 Å². The molecule has 154 valence electrons. The maximum atomic E-state index is 13.2. The Labute approximate surface area is 252 Å². The van der Waals surface area contributed by atoms with Gasteiger partial charge in [-0.25, -0.2) is 0 Å². The second kappa shape index (κ2) is 14.1. The van der Waals surface area contributed by atoms with Crippen molar-refractivity contribution >= 4 is 28.9 Å². The molecule has 1 heterocycles. The number of benzene rings is 2. The third kappa shape index (κ3) is 7.84. The van der Waals surface area contributed by atoms with Gasteiger partial charge >= 0.3 is 88.7 Å². The summed E-state index contributed by atoms with van der Waals surface area (Å²) < 4.78 is 15.4. The molecule has 10 nitrogen and oxygen atoms in total. The summed E-state index contributed by atoms with van der Waals surface area (Å²) in [6, 6.07) is 9.88. The Balaban J connectivity index is 0.00000341. The molecule has 13 heteroatoms. The monoisotopic (exact) mass is 480 g/mol. The van der Waals surface area contributed by atoms with Gasteiger partial charge in [-0.2, -0.15) is 0 Å². The maximum absolute atomic E-state index is 13.2. The zero-order valence-corrected chi connectivity index (χ0v) is 24.0. The second-order valence-electron chi connectivity index (χ2n) is 5.90. The average molecular weight is 480 g/mol. The van der Waals surface area contributed by atoms with Gasteiger partial charge in [0.2, 0.25) is 5.43 Å². The number of ether oxygens (including phenoxy) is 2. The van der Waals surface area contributed by atoms with E-state index in [1.54, 1.807) is 18.2 Å². The first-order chi connectivity index (χ1) is 14.3. The van der Waals surface area contributed by atoms with Crippen molar-refractivity contribution in [1.82, 2.24) is 0 Å². The molecule has 0 unspecified atom stereocenters. The molecule has 0 aliphatic rings. The second-order valence-corrected chi connectivity index (χ2v) is 5.90. The Kier molecular flexibility index (Phi) is 13.6. The molecular weight excluding hydrogens is 469 g/mol. The molecule has 0 saturated heterocycles. The number of carbonyl (C=O) groups is 3. The Bertz CT molecular complexity index is 1210. The van der Waals surface area contributed by atoms with Gasteiger partial charge in [0, 0.05) is 12.1 Å². The normalized spacial score (nSPS) is 9.58. The van der Waals surface area contributed by atoms with Crippen molar-refractivity contribution in [3.63, 3.8) is 0 Å². The van der Waals surface area contributed by atoms with Crippen LogP contribution in [0.15, 0.2) is 51.7 Å². The van der Waals surface area contributed by atoms with E-state index >= 15 is 0 Å². The molecule has 0 radical (unpaired) electrons. The first kappa shape index (κ1) is 31.7. The molecule has 0 saturated carbocycles. The van der Waals surface area contributed by atoms with Crippen LogP contribution in [0.3, 0.4) is 0 Å². The van der Waals surface area contributed by atoms with E-state index in [4.69, 9.17) is 13.9 Å². The summed E-state index contributed by atoms with van der Waals surface area (Å²) in [6.45, 7) is -1.81. The molecule has 0 fully saturated rings. The minimum Gasteiger partial charge on any atom is -0.546 e. The van der Waals surface area contributed by atoms with Gasteiger partial charge in [0.05, 0.1) is 17.5 Å². The van der Waals surface area contributed by atoms with Crippen LogP contribution in [0, 0.1) is 0 Å². The van der Waals surface area contributed by atoms with Crippen LogP contribution in [-0.4, -0.2) is 31.1 Å². The predicted molar refractivity (Wildman–Crippen MR) is 93.3 cm³/mol. The topological polar surface area (TPSA) is 169 Å². The van der Waals surface area contributed by atoms with Crippen LogP contribution in [0.2, 0.25) is 0 Å². The van der Waals surface area contributed by atoms with Crippen LogP contribution >= 0.6 is 0 Å². The molecule has 0 aliphatic carbocycles. The molecule has 0 spiro atoms. The maximum Gasteiger partial charge on any atom is 1.00 e. The standard InChI is InChI=1S/C20H14O10.3Na/c21-14(22)8-28-11-6-12(29-9-15(23)24)17-13(7-11)30-19(20(26)27)16(18(17)25)10-4-2-1-3-5-10;;;/h1-7H,8-9H2,(H,21,22)(H,23,24)(H,26,27);;;/q;3*+1/p-3. The summed E-state index contributed by atoms with van der Waals surface area (Å²) in [6.07, 6.45) is 0. The first-order valence-electron chi connectivity index (χ1n) is 8.35. The number of hydrogen-bond acceptors (Lipinski definition) is 10. The van der Waals surface area contributed by atoms with Crippen molar-refractivity contribution in [2.75, 3.05) is 13.2 Å². The van der Waals surface area contributed by atoms with Crippen molar-refractivity contribution in [3.05, 3.63) is 58.4 Å². The van der Waals surface area contributed by atoms with Crippen LogP contribution in [-0.2, 0) is 9.59 Å². The fraction of sp³-hybridized carbons (Fsp3) is 0.100. The molecule has 0 bridgehead atoms. The molecule has 1 aromatic heterocycles. The molecule has 0 N–H and O–H groups in total. The molecule has 0 atom stereocenters. The average Bonchev–Trinajstić information content (AvgIpc) is 2.70.